The summed E-state index contributed by atoms with van der Waals surface area (Å²) in [6.45, 7) is 2.22. The van der Waals surface area contributed by atoms with E-state index in [4.69, 9.17) is 4.74 Å². The van der Waals surface area contributed by atoms with Crippen molar-refractivity contribution in [3.05, 3.63) is 65.7 Å². The van der Waals surface area contributed by atoms with E-state index in [2.05, 4.69) is 55.5 Å². The van der Waals surface area contributed by atoms with E-state index in [9.17, 15) is 4.79 Å². The molecule has 1 aliphatic carbocycles. The molecule has 2 aromatic carbocycles. The van der Waals surface area contributed by atoms with Gasteiger partial charge in [0.2, 0.25) is 0 Å². The highest BCUT2D eigenvalue weighted by Crippen LogP contribution is 2.35. The Bertz CT molecular complexity index is 765. The molecule has 0 aromatic heterocycles. The van der Waals surface area contributed by atoms with Gasteiger partial charge in [-0.05, 0) is 70.8 Å². The second-order valence-corrected chi connectivity index (χ2v) is 8.23. The van der Waals surface area contributed by atoms with Gasteiger partial charge in [0.15, 0.2) is 6.61 Å². The summed E-state index contributed by atoms with van der Waals surface area (Å²) in [5.74, 6) is 0.691. The average Bonchev–Trinajstić information content (AvgIpc) is 2.69. The van der Waals surface area contributed by atoms with E-state index in [0.717, 1.165) is 37.9 Å². The molecule has 1 N–H and O–H groups in total. The second-order valence-electron chi connectivity index (χ2n) is 8.23. The molecular formula is C24H32N2O2. The van der Waals surface area contributed by atoms with Crippen LogP contribution in [-0.2, 0) is 11.2 Å². The van der Waals surface area contributed by atoms with Crippen molar-refractivity contribution in [3.8, 4) is 5.75 Å². The van der Waals surface area contributed by atoms with Gasteiger partial charge in [-0.1, -0.05) is 48.0 Å². The third-order valence-electron chi connectivity index (χ3n) is 5.96. The number of nitrogens with one attached hydrogen (secondary N) is 1. The standard InChI is InChI=1S/C24H32N2O2/c1-19-8-7-9-20(16-19)17-24(26(2)3)14-12-21(13-15-24)25-23(27)18-28-22-10-5-4-6-11-22/h4-11,16,21H,12-15,17-18H2,1-3H3,(H,25,27). The summed E-state index contributed by atoms with van der Waals surface area (Å²) in [4.78, 5) is 14.6. The predicted octanol–water partition coefficient (Wildman–Crippen LogP) is 3.98. The fraction of sp³-hybridized carbons (Fsp3) is 0.458. The first-order chi connectivity index (χ1) is 13.5. The lowest BCUT2D eigenvalue weighted by Gasteiger charge is -2.45. The van der Waals surface area contributed by atoms with Crippen molar-refractivity contribution in [2.75, 3.05) is 20.7 Å². The summed E-state index contributed by atoms with van der Waals surface area (Å²) in [6.07, 6.45) is 5.22. The molecule has 1 saturated carbocycles. The second kappa shape index (κ2) is 9.24. The summed E-state index contributed by atoms with van der Waals surface area (Å²) < 4.78 is 5.56. The molecule has 0 bridgehead atoms. The van der Waals surface area contributed by atoms with Crippen LogP contribution in [0.4, 0.5) is 0 Å². The number of hydrogen-bond donors (Lipinski definition) is 1. The van der Waals surface area contributed by atoms with Gasteiger partial charge >= 0.3 is 0 Å². The van der Waals surface area contributed by atoms with Crippen LogP contribution in [0.2, 0.25) is 0 Å². The maximum absolute atomic E-state index is 12.3. The number of carbonyl (C=O) groups is 1. The van der Waals surface area contributed by atoms with Crippen LogP contribution in [-0.4, -0.2) is 43.1 Å². The van der Waals surface area contributed by atoms with Gasteiger partial charge in [0, 0.05) is 11.6 Å². The number of carbonyl (C=O) groups excluding carboxylic acids is 1. The highest BCUT2D eigenvalue weighted by Gasteiger charge is 2.37. The first-order valence-corrected chi connectivity index (χ1v) is 10.2. The number of likely N-dealkylation sites (N-methyl/N-ethyl adjacent to an activating group) is 1. The van der Waals surface area contributed by atoms with Gasteiger partial charge in [-0.15, -0.1) is 0 Å². The minimum absolute atomic E-state index is 0.0371. The van der Waals surface area contributed by atoms with E-state index < -0.39 is 0 Å². The molecule has 0 saturated heterocycles. The van der Waals surface area contributed by atoms with Crippen molar-refractivity contribution in [1.82, 2.24) is 10.2 Å². The zero-order valence-corrected chi connectivity index (χ0v) is 17.3. The van der Waals surface area contributed by atoms with Crippen LogP contribution in [0.5, 0.6) is 5.75 Å². The molecule has 1 fully saturated rings. The molecule has 0 aliphatic heterocycles. The first kappa shape index (κ1) is 20.4. The normalized spacial score (nSPS) is 22.1. The molecule has 0 unspecified atom stereocenters. The lowest BCUT2D eigenvalue weighted by Crippen LogP contribution is -2.52. The molecule has 1 aliphatic rings. The lowest BCUT2D eigenvalue weighted by atomic mass is 9.74. The van der Waals surface area contributed by atoms with Gasteiger partial charge in [0.05, 0.1) is 0 Å². The van der Waals surface area contributed by atoms with Crippen molar-refractivity contribution < 1.29 is 9.53 Å². The molecule has 150 valence electrons. The largest absolute Gasteiger partial charge is 0.484 e. The third-order valence-corrected chi connectivity index (χ3v) is 5.96. The molecule has 4 heteroatoms. The highest BCUT2D eigenvalue weighted by atomic mass is 16.5. The average molecular weight is 381 g/mol. The first-order valence-electron chi connectivity index (χ1n) is 10.2. The smallest absolute Gasteiger partial charge is 0.258 e. The Balaban J connectivity index is 1.52. The zero-order valence-electron chi connectivity index (χ0n) is 17.3. The SMILES string of the molecule is Cc1cccc(CC2(N(C)C)CCC(NC(=O)COc3ccccc3)CC2)c1. The van der Waals surface area contributed by atoms with E-state index in [0.29, 0.717) is 0 Å². The van der Waals surface area contributed by atoms with Crippen LogP contribution >= 0.6 is 0 Å². The molecule has 0 atom stereocenters. The van der Waals surface area contributed by atoms with Gasteiger partial charge in [0.25, 0.3) is 5.91 Å². The molecule has 28 heavy (non-hydrogen) atoms. The molecule has 2 aromatic rings. The number of aryl methyl sites for hydroxylation is 1. The van der Waals surface area contributed by atoms with Crippen molar-refractivity contribution in [3.63, 3.8) is 0 Å². The number of hydrogen-bond acceptors (Lipinski definition) is 3. The molecule has 0 radical (unpaired) electrons. The summed E-state index contributed by atoms with van der Waals surface area (Å²) in [5.41, 5.74) is 2.87. The van der Waals surface area contributed by atoms with Gasteiger partial charge in [-0.3, -0.25) is 4.79 Å². The van der Waals surface area contributed by atoms with E-state index in [1.807, 2.05) is 30.3 Å². The van der Waals surface area contributed by atoms with Crippen LogP contribution in [0.15, 0.2) is 54.6 Å². The number of ether oxygens (including phenoxy) is 1. The fourth-order valence-electron chi connectivity index (χ4n) is 4.22. The van der Waals surface area contributed by atoms with Crippen LogP contribution in [0.3, 0.4) is 0 Å². The van der Waals surface area contributed by atoms with Gasteiger partial charge in [0.1, 0.15) is 5.75 Å². The van der Waals surface area contributed by atoms with Gasteiger partial charge < -0.3 is 15.0 Å². The zero-order chi connectivity index (χ0) is 20.0. The Hall–Kier alpha value is -2.33. The van der Waals surface area contributed by atoms with Gasteiger partial charge in [-0.2, -0.15) is 0 Å². The summed E-state index contributed by atoms with van der Waals surface area (Å²) in [5, 5.41) is 3.16. The molecule has 0 heterocycles. The Morgan fingerprint density at radius 3 is 2.46 bits per heavy atom. The Morgan fingerprint density at radius 1 is 1.11 bits per heavy atom. The number of nitrogens with zero attached hydrogens (tertiary/aromatic N) is 1. The predicted molar refractivity (Wildman–Crippen MR) is 114 cm³/mol. The highest BCUT2D eigenvalue weighted by molar-refractivity contribution is 5.77. The van der Waals surface area contributed by atoms with E-state index in [1.165, 1.54) is 11.1 Å². The Kier molecular flexibility index (Phi) is 6.74. The minimum Gasteiger partial charge on any atom is -0.484 e. The summed E-state index contributed by atoms with van der Waals surface area (Å²) in [6, 6.07) is 18.5. The molecular weight excluding hydrogens is 348 g/mol. The number of amides is 1. The Morgan fingerprint density at radius 2 is 1.82 bits per heavy atom. The van der Waals surface area contributed by atoms with Gasteiger partial charge in [-0.25, -0.2) is 0 Å². The van der Waals surface area contributed by atoms with Crippen LogP contribution < -0.4 is 10.1 Å². The minimum atomic E-state index is -0.0371. The maximum atomic E-state index is 12.3. The lowest BCUT2D eigenvalue weighted by molar-refractivity contribution is -0.124. The van der Waals surface area contributed by atoms with Crippen molar-refractivity contribution >= 4 is 5.91 Å². The van der Waals surface area contributed by atoms with Crippen molar-refractivity contribution in [2.45, 2.75) is 50.6 Å². The van der Waals surface area contributed by atoms with E-state index >= 15 is 0 Å². The van der Waals surface area contributed by atoms with Crippen LogP contribution in [0, 0.1) is 6.92 Å². The topological polar surface area (TPSA) is 41.6 Å². The maximum Gasteiger partial charge on any atom is 0.258 e. The van der Waals surface area contributed by atoms with Crippen molar-refractivity contribution in [1.29, 1.82) is 0 Å². The molecule has 4 nitrogen and oxygen atoms in total. The number of rotatable bonds is 7. The van der Waals surface area contributed by atoms with Crippen LogP contribution in [0.1, 0.15) is 36.8 Å². The fourth-order valence-corrected chi connectivity index (χ4v) is 4.22. The number of benzene rings is 2. The third kappa shape index (κ3) is 5.35. The van der Waals surface area contributed by atoms with Crippen LogP contribution in [0.25, 0.3) is 0 Å². The molecule has 1 amide bonds. The quantitative estimate of drug-likeness (QED) is 0.790. The monoisotopic (exact) mass is 380 g/mol. The number of para-hydroxylation sites is 1. The molecule has 0 spiro atoms. The summed E-state index contributed by atoms with van der Waals surface area (Å²) in [7, 11) is 4.37. The Labute approximate surface area is 168 Å². The van der Waals surface area contributed by atoms with E-state index in [1.54, 1.807) is 0 Å². The summed E-state index contributed by atoms with van der Waals surface area (Å²) >= 11 is 0. The molecule has 3 rings (SSSR count). The van der Waals surface area contributed by atoms with Crippen molar-refractivity contribution in [2.24, 2.45) is 0 Å². The van der Waals surface area contributed by atoms with E-state index in [-0.39, 0.29) is 24.1 Å².